The molecular weight excluding hydrogens is 299 g/mol. The van der Waals surface area contributed by atoms with Gasteiger partial charge in [-0.05, 0) is 22.6 Å². The molecule has 1 rings (SSSR count). The highest BCUT2D eigenvalue weighted by Gasteiger charge is 2.08. The molecule has 1 aromatic heterocycles. The summed E-state index contributed by atoms with van der Waals surface area (Å²) in [5.74, 6) is 0. The molecule has 5 nitrogen and oxygen atoms in total. The molecule has 0 radical (unpaired) electrons. The van der Waals surface area contributed by atoms with Gasteiger partial charge in [0.15, 0.2) is 6.29 Å². The largest absolute Gasteiger partial charge is 0.354 e. The summed E-state index contributed by atoms with van der Waals surface area (Å²) >= 11 is 1.94. The predicted molar refractivity (Wildman–Crippen MR) is 59.0 cm³/mol. The first kappa shape index (κ1) is 11.6. The Balaban J connectivity index is 2.86. The van der Waals surface area contributed by atoms with Crippen LogP contribution in [0, 0.1) is 3.57 Å². The van der Waals surface area contributed by atoms with Crippen LogP contribution in [0.1, 0.15) is 0 Å². The van der Waals surface area contributed by atoms with E-state index in [2.05, 4.69) is 4.98 Å². The van der Waals surface area contributed by atoms with E-state index in [0.717, 1.165) is 0 Å². The number of hydrogen-bond acceptors (Lipinski definition) is 4. The first-order valence-electron chi connectivity index (χ1n) is 3.94. The number of hydrogen-bond donors (Lipinski definition) is 0. The van der Waals surface area contributed by atoms with Gasteiger partial charge in [0.1, 0.15) is 0 Å². The standard InChI is InChI=1S/C8H11IN2O3/c1-13-7(14-2)4-11-5-10-3-6(9)8(11)12/h3,5,7H,4H2,1-2H3. The van der Waals surface area contributed by atoms with Crippen molar-refractivity contribution in [3.05, 3.63) is 26.4 Å². The Labute approximate surface area is 95.2 Å². The molecule has 14 heavy (non-hydrogen) atoms. The van der Waals surface area contributed by atoms with E-state index in [-0.39, 0.29) is 5.56 Å². The summed E-state index contributed by atoms with van der Waals surface area (Å²) in [6.45, 7) is 0.343. The molecule has 0 amide bonds. The molecule has 0 saturated heterocycles. The SMILES string of the molecule is COC(Cn1cncc(I)c1=O)OC. The lowest BCUT2D eigenvalue weighted by atomic mass is 10.5. The highest BCUT2D eigenvalue weighted by Crippen LogP contribution is 1.97. The molecule has 0 aliphatic carbocycles. The van der Waals surface area contributed by atoms with Gasteiger partial charge in [0.2, 0.25) is 0 Å². The Morgan fingerprint density at radius 3 is 2.79 bits per heavy atom. The lowest BCUT2D eigenvalue weighted by Crippen LogP contribution is -2.30. The average molecular weight is 310 g/mol. The van der Waals surface area contributed by atoms with E-state index in [1.807, 2.05) is 22.6 Å². The normalized spacial score (nSPS) is 10.9. The van der Waals surface area contributed by atoms with E-state index < -0.39 is 6.29 Å². The van der Waals surface area contributed by atoms with Crippen molar-refractivity contribution in [2.75, 3.05) is 14.2 Å². The summed E-state index contributed by atoms with van der Waals surface area (Å²) in [7, 11) is 3.06. The summed E-state index contributed by atoms with van der Waals surface area (Å²) in [5, 5.41) is 0. The molecule has 1 heterocycles. The zero-order valence-corrected chi connectivity index (χ0v) is 10.1. The van der Waals surface area contributed by atoms with Crippen molar-refractivity contribution >= 4 is 22.6 Å². The summed E-state index contributed by atoms with van der Waals surface area (Å²) < 4.78 is 12.0. The van der Waals surface area contributed by atoms with Crippen LogP contribution < -0.4 is 5.56 Å². The van der Waals surface area contributed by atoms with Crippen molar-refractivity contribution in [2.24, 2.45) is 0 Å². The van der Waals surface area contributed by atoms with Crippen LogP contribution in [-0.4, -0.2) is 30.1 Å². The molecule has 0 spiro atoms. The fourth-order valence-electron chi connectivity index (χ4n) is 0.960. The first-order chi connectivity index (χ1) is 6.69. The third-order valence-corrected chi connectivity index (χ3v) is 2.47. The first-order valence-corrected chi connectivity index (χ1v) is 5.02. The van der Waals surface area contributed by atoms with Crippen molar-refractivity contribution < 1.29 is 9.47 Å². The number of methoxy groups -OCH3 is 2. The van der Waals surface area contributed by atoms with Gasteiger partial charge in [-0.15, -0.1) is 0 Å². The maximum atomic E-state index is 11.5. The minimum Gasteiger partial charge on any atom is -0.354 e. The van der Waals surface area contributed by atoms with Gasteiger partial charge >= 0.3 is 0 Å². The van der Waals surface area contributed by atoms with Gasteiger partial charge in [0.25, 0.3) is 5.56 Å². The van der Waals surface area contributed by atoms with Crippen molar-refractivity contribution in [1.29, 1.82) is 0 Å². The second kappa shape index (κ2) is 5.42. The summed E-state index contributed by atoms with van der Waals surface area (Å²) in [4.78, 5) is 15.5. The minimum atomic E-state index is -0.423. The Kier molecular flexibility index (Phi) is 4.49. The Morgan fingerprint density at radius 2 is 2.21 bits per heavy atom. The van der Waals surface area contributed by atoms with Crippen LogP contribution in [-0.2, 0) is 16.0 Å². The average Bonchev–Trinajstić information content (AvgIpc) is 2.20. The number of halogens is 1. The van der Waals surface area contributed by atoms with Crippen LogP contribution in [0.15, 0.2) is 17.3 Å². The molecule has 78 valence electrons. The van der Waals surface area contributed by atoms with Gasteiger partial charge in [0.05, 0.1) is 16.4 Å². The molecule has 6 heteroatoms. The molecule has 0 atom stereocenters. The molecule has 0 fully saturated rings. The maximum Gasteiger partial charge on any atom is 0.266 e. The molecule has 0 bridgehead atoms. The number of nitrogens with zero attached hydrogens (tertiary/aromatic N) is 2. The summed E-state index contributed by atoms with van der Waals surface area (Å²) in [6, 6.07) is 0. The number of aromatic nitrogens is 2. The van der Waals surface area contributed by atoms with Gasteiger partial charge in [0, 0.05) is 20.4 Å². The van der Waals surface area contributed by atoms with Crippen LogP contribution in [0.3, 0.4) is 0 Å². The molecule has 0 aromatic carbocycles. The third-order valence-electron chi connectivity index (χ3n) is 1.73. The summed E-state index contributed by atoms with van der Waals surface area (Å²) in [6.07, 6.45) is 2.57. The zero-order valence-electron chi connectivity index (χ0n) is 7.94. The summed E-state index contributed by atoms with van der Waals surface area (Å²) in [5.41, 5.74) is -0.0836. The monoisotopic (exact) mass is 310 g/mol. The molecule has 0 unspecified atom stereocenters. The second-order valence-corrected chi connectivity index (χ2v) is 3.76. The van der Waals surface area contributed by atoms with E-state index in [1.165, 1.54) is 31.3 Å². The highest BCUT2D eigenvalue weighted by molar-refractivity contribution is 14.1. The lowest BCUT2D eigenvalue weighted by molar-refractivity contribution is -0.111. The Morgan fingerprint density at radius 1 is 1.57 bits per heavy atom. The van der Waals surface area contributed by atoms with Crippen LogP contribution >= 0.6 is 22.6 Å². The van der Waals surface area contributed by atoms with E-state index in [0.29, 0.717) is 10.1 Å². The van der Waals surface area contributed by atoms with Crippen LogP contribution in [0.25, 0.3) is 0 Å². The topological polar surface area (TPSA) is 53.4 Å². The van der Waals surface area contributed by atoms with E-state index in [1.54, 1.807) is 0 Å². The zero-order chi connectivity index (χ0) is 10.6. The maximum absolute atomic E-state index is 11.5. The van der Waals surface area contributed by atoms with Crippen LogP contribution in [0.4, 0.5) is 0 Å². The minimum absolute atomic E-state index is 0.0836. The van der Waals surface area contributed by atoms with Gasteiger partial charge in [-0.25, -0.2) is 4.98 Å². The number of ether oxygens (including phenoxy) is 2. The van der Waals surface area contributed by atoms with Crippen LogP contribution in [0.5, 0.6) is 0 Å². The molecular formula is C8H11IN2O3. The van der Waals surface area contributed by atoms with Gasteiger partial charge in [-0.2, -0.15) is 0 Å². The fourth-order valence-corrected chi connectivity index (χ4v) is 1.43. The van der Waals surface area contributed by atoms with Crippen molar-refractivity contribution in [1.82, 2.24) is 9.55 Å². The molecule has 0 aliphatic heterocycles. The van der Waals surface area contributed by atoms with Crippen molar-refractivity contribution in [3.63, 3.8) is 0 Å². The van der Waals surface area contributed by atoms with Crippen molar-refractivity contribution in [3.8, 4) is 0 Å². The van der Waals surface area contributed by atoms with Crippen LogP contribution in [0.2, 0.25) is 0 Å². The van der Waals surface area contributed by atoms with Crippen molar-refractivity contribution in [2.45, 2.75) is 12.8 Å². The Bertz CT molecular complexity index is 349. The highest BCUT2D eigenvalue weighted by atomic mass is 127. The molecule has 0 aliphatic rings. The fraction of sp³-hybridized carbons (Fsp3) is 0.500. The van der Waals surface area contributed by atoms with Gasteiger partial charge < -0.3 is 9.47 Å². The quantitative estimate of drug-likeness (QED) is 0.599. The lowest BCUT2D eigenvalue weighted by Gasteiger charge is -2.14. The van der Waals surface area contributed by atoms with E-state index in [4.69, 9.17) is 9.47 Å². The number of rotatable bonds is 4. The molecule has 0 N–H and O–H groups in total. The Hall–Kier alpha value is -0.470. The second-order valence-electron chi connectivity index (χ2n) is 2.60. The third kappa shape index (κ3) is 2.76. The van der Waals surface area contributed by atoms with E-state index in [9.17, 15) is 4.79 Å². The molecule has 1 aromatic rings. The van der Waals surface area contributed by atoms with E-state index >= 15 is 0 Å². The smallest absolute Gasteiger partial charge is 0.266 e. The van der Waals surface area contributed by atoms with Gasteiger partial charge in [-0.3, -0.25) is 9.36 Å². The molecule has 0 saturated carbocycles. The predicted octanol–water partition coefficient (Wildman–Crippen LogP) is 0.467. The van der Waals surface area contributed by atoms with Gasteiger partial charge in [-0.1, -0.05) is 0 Å².